The van der Waals surface area contributed by atoms with Crippen LogP contribution in [0.25, 0.3) is 0 Å². The van der Waals surface area contributed by atoms with Gasteiger partial charge in [-0.2, -0.15) is 5.26 Å². The van der Waals surface area contributed by atoms with Crippen LogP contribution in [0.3, 0.4) is 0 Å². The van der Waals surface area contributed by atoms with E-state index in [1.54, 1.807) is 6.20 Å². The minimum atomic E-state index is 0.398. The number of nitrogens with zero attached hydrogens (tertiary/aromatic N) is 3. The van der Waals surface area contributed by atoms with Crippen molar-refractivity contribution in [3.05, 3.63) is 23.8 Å². The number of hydrogen-bond acceptors (Lipinski definition) is 3. The standard InChI is InChI=1S/C8H7N3/c9-3-7-4-11-8(5-10-7)6-1-2-6/h4-6H,1-2H2. The van der Waals surface area contributed by atoms with E-state index in [2.05, 4.69) is 9.97 Å². The average Bonchev–Trinajstić information content (AvgIpc) is 2.87. The summed E-state index contributed by atoms with van der Waals surface area (Å²) >= 11 is 0. The minimum absolute atomic E-state index is 0.398. The van der Waals surface area contributed by atoms with Gasteiger partial charge in [-0.05, 0) is 12.8 Å². The van der Waals surface area contributed by atoms with Crippen molar-refractivity contribution in [2.24, 2.45) is 0 Å². The molecule has 1 heterocycles. The lowest BCUT2D eigenvalue weighted by Crippen LogP contribution is -1.90. The topological polar surface area (TPSA) is 49.6 Å². The number of hydrogen-bond donors (Lipinski definition) is 0. The predicted molar refractivity (Wildman–Crippen MR) is 38.7 cm³/mol. The van der Waals surface area contributed by atoms with Crippen LogP contribution in [-0.4, -0.2) is 9.97 Å². The molecule has 0 amide bonds. The fourth-order valence-electron chi connectivity index (χ4n) is 0.986. The van der Waals surface area contributed by atoms with Crippen LogP contribution in [-0.2, 0) is 0 Å². The van der Waals surface area contributed by atoms with Crippen molar-refractivity contribution in [2.45, 2.75) is 18.8 Å². The van der Waals surface area contributed by atoms with Gasteiger partial charge in [0.1, 0.15) is 6.07 Å². The van der Waals surface area contributed by atoms with Gasteiger partial charge in [-0.3, -0.25) is 4.98 Å². The molecule has 0 saturated heterocycles. The van der Waals surface area contributed by atoms with E-state index in [-0.39, 0.29) is 0 Å². The van der Waals surface area contributed by atoms with Crippen LogP contribution in [0.5, 0.6) is 0 Å². The SMILES string of the molecule is N#Cc1cnc(C2CC2)cn1. The number of nitriles is 1. The Morgan fingerprint density at radius 1 is 1.36 bits per heavy atom. The van der Waals surface area contributed by atoms with E-state index < -0.39 is 0 Å². The van der Waals surface area contributed by atoms with Crippen molar-refractivity contribution >= 4 is 0 Å². The van der Waals surface area contributed by atoms with E-state index in [1.807, 2.05) is 6.07 Å². The average molecular weight is 145 g/mol. The van der Waals surface area contributed by atoms with Crippen LogP contribution in [0.1, 0.15) is 30.1 Å². The van der Waals surface area contributed by atoms with E-state index in [4.69, 9.17) is 5.26 Å². The van der Waals surface area contributed by atoms with E-state index >= 15 is 0 Å². The zero-order valence-electron chi connectivity index (χ0n) is 5.99. The maximum atomic E-state index is 8.43. The quantitative estimate of drug-likeness (QED) is 0.597. The molecule has 1 saturated carbocycles. The first-order valence-corrected chi connectivity index (χ1v) is 3.62. The summed E-state index contributed by atoms with van der Waals surface area (Å²) in [5.74, 6) is 0.621. The second kappa shape index (κ2) is 2.31. The molecule has 1 aliphatic rings. The van der Waals surface area contributed by atoms with E-state index in [1.165, 1.54) is 19.0 Å². The summed E-state index contributed by atoms with van der Waals surface area (Å²) in [4.78, 5) is 8.06. The summed E-state index contributed by atoms with van der Waals surface area (Å²) in [6.45, 7) is 0. The Labute approximate surface area is 64.7 Å². The van der Waals surface area contributed by atoms with E-state index in [9.17, 15) is 0 Å². The summed E-state index contributed by atoms with van der Waals surface area (Å²) in [6.07, 6.45) is 5.69. The van der Waals surface area contributed by atoms with Gasteiger partial charge in [0.05, 0.1) is 18.1 Å². The Kier molecular flexibility index (Phi) is 1.32. The molecular weight excluding hydrogens is 138 g/mol. The molecule has 0 N–H and O–H groups in total. The molecule has 0 aliphatic heterocycles. The monoisotopic (exact) mass is 145 g/mol. The van der Waals surface area contributed by atoms with E-state index in [0.717, 1.165) is 5.69 Å². The second-order valence-electron chi connectivity index (χ2n) is 2.71. The predicted octanol–water partition coefficient (Wildman–Crippen LogP) is 1.23. The van der Waals surface area contributed by atoms with Gasteiger partial charge in [0.2, 0.25) is 0 Å². The van der Waals surface area contributed by atoms with Crippen molar-refractivity contribution in [2.75, 3.05) is 0 Å². The van der Waals surface area contributed by atoms with Gasteiger partial charge in [-0.25, -0.2) is 4.98 Å². The number of aromatic nitrogens is 2. The molecule has 0 radical (unpaired) electrons. The van der Waals surface area contributed by atoms with Crippen molar-refractivity contribution in [3.63, 3.8) is 0 Å². The molecular formula is C8H7N3. The van der Waals surface area contributed by atoms with Crippen LogP contribution >= 0.6 is 0 Å². The molecule has 1 aliphatic carbocycles. The highest BCUT2D eigenvalue weighted by Crippen LogP contribution is 2.38. The maximum absolute atomic E-state index is 8.43. The molecule has 3 nitrogen and oxygen atoms in total. The first kappa shape index (κ1) is 6.29. The molecule has 0 aromatic carbocycles. The van der Waals surface area contributed by atoms with Crippen LogP contribution < -0.4 is 0 Å². The van der Waals surface area contributed by atoms with Crippen LogP contribution in [0.2, 0.25) is 0 Å². The first-order chi connectivity index (χ1) is 5.40. The molecule has 0 bridgehead atoms. The third kappa shape index (κ3) is 1.20. The Morgan fingerprint density at radius 2 is 2.18 bits per heavy atom. The Balaban J connectivity index is 2.27. The van der Waals surface area contributed by atoms with Crippen LogP contribution in [0, 0.1) is 11.3 Å². The Bertz CT molecular complexity index is 292. The highest BCUT2D eigenvalue weighted by Gasteiger charge is 2.24. The molecule has 1 aromatic rings. The molecule has 11 heavy (non-hydrogen) atoms. The normalized spacial score (nSPS) is 15.9. The third-order valence-electron chi connectivity index (χ3n) is 1.78. The molecule has 0 atom stereocenters. The third-order valence-corrected chi connectivity index (χ3v) is 1.78. The van der Waals surface area contributed by atoms with Crippen molar-refractivity contribution in [1.29, 1.82) is 5.26 Å². The van der Waals surface area contributed by atoms with Crippen LogP contribution in [0.15, 0.2) is 12.4 Å². The summed E-state index contributed by atoms with van der Waals surface area (Å²) in [5.41, 5.74) is 1.43. The van der Waals surface area contributed by atoms with Gasteiger partial charge in [0.25, 0.3) is 0 Å². The van der Waals surface area contributed by atoms with Crippen molar-refractivity contribution in [3.8, 4) is 6.07 Å². The second-order valence-corrected chi connectivity index (χ2v) is 2.71. The lowest BCUT2D eigenvalue weighted by molar-refractivity contribution is 0.979. The zero-order chi connectivity index (χ0) is 7.68. The van der Waals surface area contributed by atoms with Gasteiger partial charge in [-0.15, -0.1) is 0 Å². The molecule has 0 unspecified atom stereocenters. The summed E-state index contributed by atoms with van der Waals surface area (Å²) in [6, 6.07) is 1.94. The first-order valence-electron chi connectivity index (χ1n) is 3.62. The van der Waals surface area contributed by atoms with Gasteiger partial charge < -0.3 is 0 Å². The summed E-state index contributed by atoms with van der Waals surface area (Å²) < 4.78 is 0. The van der Waals surface area contributed by atoms with Crippen molar-refractivity contribution < 1.29 is 0 Å². The van der Waals surface area contributed by atoms with Crippen molar-refractivity contribution in [1.82, 2.24) is 9.97 Å². The molecule has 1 aromatic heterocycles. The number of rotatable bonds is 1. The minimum Gasteiger partial charge on any atom is -0.256 e. The molecule has 0 spiro atoms. The molecule has 3 heteroatoms. The Morgan fingerprint density at radius 3 is 2.64 bits per heavy atom. The highest BCUT2D eigenvalue weighted by atomic mass is 14.8. The fourth-order valence-corrected chi connectivity index (χ4v) is 0.986. The summed E-state index contributed by atoms with van der Waals surface area (Å²) in [7, 11) is 0. The largest absolute Gasteiger partial charge is 0.256 e. The smallest absolute Gasteiger partial charge is 0.158 e. The lowest BCUT2D eigenvalue weighted by Gasteiger charge is -1.93. The zero-order valence-corrected chi connectivity index (χ0v) is 5.99. The Hall–Kier alpha value is -1.43. The maximum Gasteiger partial charge on any atom is 0.158 e. The van der Waals surface area contributed by atoms with E-state index in [0.29, 0.717) is 11.6 Å². The van der Waals surface area contributed by atoms with Crippen LogP contribution in [0.4, 0.5) is 0 Å². The van der Waals surface area contributed by atoms with Gasteiger partial charge in [0.15, 0.2) is 5.69 Å². The van der Waals surface area contributed by atoms with Gasteiger partial charge >= 0.3 is 0 Å². The summed E-state index contributed by atoms with van der Waals surface area (Å²) in [5, 5.41) is 8.43. The van der Waals surface area contributed by atoms with Gasteiger partial charge in [-0.1, -0.05) is 0 Å². The van der Waals surface area contributed by atoms with Gasteiger partial charge in [0, 0.05) is 5.92 Å². The highest BCUT2D eigenvalue weighted by molar-refractivity contribution is 5.19. The lowest BCUT2D eigenvalue weighted by atomic mass is 10.3. The fraction of sp³-hybridized carbons (Fsp3) is 0.375. The molecule has 1 fully saturated rings. The molecule has 54 valence electrons. The molecule has 2 rings (SSSR count).